The molecule has 8 nitrogen and oxygen atoms in total. The average Bonchev–Trinajstić information content (AvgIpc) is 3.05. The minimum atomic E-state index is -0.463. The summed E-state index contributed by atoms with van der Waals surface area (Å²) in [6.45, 7) is 0. The molecule has 0 unspecified atom stereocenters. The molecule has 8 heteroatoms. The van der Waals surface area contributed by atoms with Gasteiger partial charge in [-0.25, -0.2) is 0 Å². The number of aryl methyl sites for hydroxylation is 1. The Morgan fingerprint density at radius 2 is 1.68 bits per heavy atom. The maximum Gasteiger partial charge on any atom is 0.256 e. The standard InChI is InChI=1S/C20H19N5O3/c1-25-18(23-20(28)13-5-3-2-4-6-13)11-16(24-25)17(26)12-19(27)22-15-9-7-14(21)8-10-15/h2-11H,12,21H2,1H3,(H,22,27)(H,23,28). The number of hydrogen-bond donors (Lipinski definition) is 3. The fourth-order valence-electron chi connectivity index (χ4n) is 2.51. The highest BCUT2D eigenvalue weighted by Gasteiger charge is 2.18. The highest BCUT2D eigenvalue weighted by atomic mass is 16.2. The van der Waals surface area contributed by atoms with Crippen LogP contribution in [-0.2, 0) is 11.8 Å². The van der Waals surface area contributed by atoms with E-state index in [4.69, 9.17) is 5.73 Å². The van der Waals surface area contributed by atoms with Crippen molar-refractivity contribution in [3.8, 4) is 0 Å². The molecule has 0 aliphatic heterocycles. The van der Waals surface area contributed by atoms with E-state index >= 15 is 0 Å². The summed E-state index contributed by atoms with van der Waals surface area (Å²) >= 11 is 0. The van der Waals surface area contributed by atoms with Gasteiger partial charge in [0, 0.05) is 30.1 Å². The maximum atomic E-state index is 12.4. The quantitative estimate of drug-likeness (QED) is 0.346. The number of rotatable bonds is 6. The summed E-state index contributed by atoms with van der Waals surface area (Å²) in [6, 6.07) is 16.7. The number of carbonyl (C=O) groups is 3. The Hall–Kier alpha value is -3.94. The van der Waals surface area contributed by atoms with Crippen molar-refractivity contribution in [2.24, 2.45) is 7.05 Å². The molecule has 28 heavy (non-hydrogen) atoms. The predicted molar refractivity (Wildman–Crippen MR) is 106 cm³/mol. The van der Waals surface area contributed by atoms with Gasteiger partial charge in [-0.3, -0.25) is 19.1 Å². The number of anilines is 3. The summed E-state index contributed by atoms with van der Waals surface area (Å²) in [6.07, 6.45) is -0.368. The van der Waals surface area contributed by atoms with Crippen LogP contribution in [0, 0.1) is 0 Å². The Kier molecular flexibility index (Phi) is 5.50. The second-order valence-electron chi connectivity index (χ2n) is 6.13. The fraction of sp³-hybridized carbons (Fsp3) is 0.100. The van der Waals surface area contributed by atoms with Crippen LogP contribution in [0.4, 0.5) is 17.2 Å². The molecular weight excluding hydrogens is 358 g/mol. The smallest absolute Gasteiger partial charge is 0.256 e. The van der Waals surface area contributed by atoms with E-state index in [-0.39, 0.29) is 18.0 Å². The molecule has 0 saturated heterocycles. The first-order valence-electron chi connectivity index (χ1n) is 8.51. The van der Waals surface area contributed by atoms with E-state index in [1.807, 2.05) is 6.07 Å². The zero-order chi connectivity index (χ0) is 20.1. The number of benzene rings is 2. The number of amides is 2. The molecule has 1 heterocycles. The molecule has 2 aromatic carbocycles. The molecule has 2 amide bonds. The molecular formula is C20H19N5O3. The third-order valence-corrected chi connectivity index (χ3v) is 3.96. The minimum absolute atomic E-state index is 0.0957. The summed E-state index contributed by atoms with van der Waals surface area (Å²) in [4.78, 5) is 36.7. The van der Waals surface area contributed by atoms with Gasteiger partial charge in [0.05, 0.1) is 6.42 Å². The molecule has 0 aliphatic carbocycles. The number of aromatic nitrogens is 2. The molecule has 0 radical (unpaired) electrons. The molecule has 0 bridgehead atoms. The van der Waals surface area contributed by atoms with E-state index in [0.717, 1.165) is 0 Å². The lowest BCUT2D eigenvalue weighted by atomic mass is 10.2. The van der Waals surface area contributed by atoms with Crippen molar-refractivity contribution in [2.45, 2.75) is 6.42 Å². The number of carbonyl (C=O) groups excluding carboxylic acids is 3. The third-order valence-electron chi connectivity index (χ3n) is 3.96. The highest BCUT2D eigenvalue weighted by Crippen LogP contribution is 2.14. The number of ketones is 1. The van der Waals surface area contributed by atoms with Crippen molar-refractivity contribution in [3.05, 3.63) is 71.9 Å². The van der Waals surface area contributed by atoms with Crippen molar-refractivity contribution in [1.29, 1.82) is 0 Å². The first kappa shape index (κ1) is 18.8. The molecule has 0 aliphatic rings. The van der Waals surface area contributed by atoms with Crippen LogP contribution in [-0.4, -0.2) is 27.4 Å². The van der Waals surface area contributed by atoms with Gasteiger partial charge < -0.3 is 16.4 Å². The van der Waals surface area contributed by atoms with Gasteiger partial charge in [0.15, 0.2) is 5.78 Å². The number of nitrogens with one attached hydrogen (secondary N) is 2. The lowest BCUT2D eigenvalue weighted by molar-refractivity contribution is -0.115. The summed E-state index contributed by atoms with van der Waals surface area (Å²) in [7, 11) is 1.60. The first-order chi connectivity index (χ1) is 13.4. The van der Waals surface area contributed by atoms with Gasteiger partial charge >= 0.3 is 0 Å². The van der Waals surface area contributed by atoms with Gasteiger partial charge in [0.2, 0.25) is 5.91 Å². The molecule has 142 valence electrons. The van der Waals surface area contributed by atoms with E-state index in [1.165, 1.54) is 10.7 Å². The van der Waals surface area contributed by atoms with Crippen LogP contribution in [0.25, 0.3) is 0 Å². The van der Waals surface area contributed by atoms with Crippen LogP contribution in [0.1, 0.15) is 27.3 Å². The van der Waals surface area contributed by atoms with E-state index in [0.29, 0.717) is 22.8 Å². The van der Waals surface area contributed by atoms with Gasteiger partial charge in [-0.1, -0.05) is 18.2 Å². The lowest BCUT2D eigenvalue weighted by Crippen LogP contribution is -2.17. The zero-order valence-electron chi connectivity index (χ0n) is 15.2. The van der Waals surface area contributed by atoms with Gasteiger partial charge in [0.1, 0.15) is 11.5 Å². The van der Waals surface area contributed by atoms with Crippen molar-refractivity contribution >= 4 is 34.8 Å². The van der Waals surface area contributed by atoms with E-state index in [1.54, 1.807) is 55.6 Å². The van der Waals surface area contributed by atoms with Crippen LogP contribution < -0.4 is 16.4 Å². The topological polar surface area (TPSA) is 119 Å². The number of nitrogen functional groups attached to an aromatic ring is 1. The Morgan fingerprint density at radius 1 is 1.00 bits per heavy atom. The second-order valence-corrected chi connectivity index (χ2v) is 6.13. The monoisotopic (exact) mass is 377 g/mol. The van der Waals surface area contributed by atoms with Crippen LogP contribution in [0.2, 0.25) is 0 Å². The second kappa shape index (κ2) is 8.17. The van der Waals surface area contributed by atoms with Crippen molar-refractivity contribution in [2.75, 3.05) is 16.4 Å². The van der Waals surface area contributed by atoms with Crippen molar-refractivity contribution < 1.29 is 14.4 Å². The average molecular weight is 377 g/mol. The Balaban J connectivity index is 1.63. The number of hydrogen-bond acceptors (Lipinski definition) is 5. The Morgan fingerprint density at radius 3 is 2.36 bits per heavy atom. The van der Waals surface area contributed by atoms with E-state index < -0.39 is 11.7 Å². The molecule has 3 aromatic rings. The summed E-state index contributed by atoms with van der Waals surface area (Å²) in [5.74, 6) is -0.876. The molecule has 0 saturated carbocycles. The number of nitrogens with zero attached hydrogens (tertiary/aromatic N) is 2. The van der Waals surface area contributed by atoms with Crippen molar-refractivity contribution in [1.82, 2.24) is 9.78 Å². The van der Waals surface area contributed by atoms with Crippen LogP contribution in [0.15, 0.2) is 60.7 Å². The van der Waals surface area contributed by atoms with Gasteiger partial charge in [0.25, 0.3) is 5.91 Å². The maximum absolute atomic E-state index is 12.4. The Bertz CT molecular complexity index is 1010. The van der Waals surface area contributed by atoms with Crippen LogP contribution in [0.5, 0.6) is 0 Å². The van der Waals surface area contributed by atoms with Gasteiger partial charge in [-0.05, 0) is 36.4 Å². The summed E-state index contributed by atoms with van der Waals surface area (Å²) in [5.41, 5.74) is 7.30. The molecule has 0 atom stereocenters. The summed E-state index contributed by atoms with van der Waals surface area (Å²) < 4.78 is 1.38. The minimum Gasteiger partial charge on any atom is -0.399 e. The molecule has 3 rings (SSSR count). The highest BCUT2D eigenvalue weighted by molar-refractivity contribution is 6.11. The predicted octanol–water partition coefficient (Wildman–Crippen LogP) is 2.47. The lowest BCUT2D eigenvalue weighted by Gasteiger charge is -2.04. The number of Topliss-reactive ketones (excluding diaryl/α,β-unsaturated/α-hetero) is 1. The molecule has 4 N–H and O–H groups in total. The first-order valence-corrected chi connectivity index (χ1v) is 8.51. The summed E-state index contributed by atoms with van der Waals surface area (Å²) in [5, 5.41) is 9.41. The SMILES string of the molecule is Cn1nc(C(=O)CC(=O)Nc2ccc(N)cc2)cc1NC(=O)c1ccccc1. The van der Waals surface area contributed by atoms with Crippen LogP contribution in [0.3, 0.4) is 0 Å². The van der Waals surface area contributed by atoms with Gasteiger partial charge in [-0.2, -0.15) is 5.10 Å². The molecule has 0 fully saturated rings. The van der Waals surface area contributed by atoms with E-state index in [9.17, 15) is 14.4 Å². The van der Waals surface area contributed by atoms with Gasteiger partial charge in [-0.15, -0.1) is 0 Å². The largest absolute Gasteiger partial charge is 0.399 e. The Labute approximate surface area is 161 Å². The molecule has 0 spiro atoms. The normalized spacial score (nSPS) is 10.3. The van der Waals surface area contributed by atoms with Crippen LogP contribution >= 0.6 is 0 Å². The fourth-order valence-corrected chi connectivity index (χ4v) is 2.51. The molecule has 1 aromatic heterocycles. The third kappa shape index (κ3) is 4.61. The number of nitrogens with two attached hydrogens (primary N) is 1. The zero-order valence-corrected chi connectivity index (χ0v) is 15.2. The van der Waals surface area contributed by atoms with E-state index in [2.05, 4.69) is 15.7 Å². The van der Waals surface area contributed by atoms with Crippen molar-refractivity contribution in [3.63, 3.8) is 0 Å².